The molecule has 0 aliphatic carbocycles. The van der Waals surface area contributed by atoms with E-state index in [0.29, 0.717) is 22.9 Å². The molecule has 1 N–H and O–H groups in total. The van der Waals surface area contributed by atoms with Crippen LogP contribution in [0.15, 0.2) is 12.4 Å². The molecule has 1 unspecified atom stereocenters. The van der Waals surface area contributed by atoms with Gasteiger partial charge in [0.25, 0.3) is 0 Å². The van der Waals surface area contributed by atoms with E-state index in [-0.39, 0.29) is 6.61 Å². The number of aliphatic hydroxyl groups excluding tert-OH is 1. The van der Waals surface area contributed by atoms with Gasteiger partial charge in [0.2, 0.25) is 0 Å². The van der Waals surface area contributed by atoms with Crippen LogP contribution in [0.1, 0.15) is 0 Å². The number of halogens is 1. The first-order valence-electron chi connectivity index (χ1n) is 4.72. The molecule has 0 spiro atoms. The standard InChI is InChI=1S/C9H11ClN4O2/c1-16-5-6(15)4-14-9-7(2-12-14)11-3-8(10)13-9/h2-3,6,15H,4-5H2,1H3. The topological polar surface area (TPSA) is 73.1 Å². The fraction of sp³-hybridized carbons (Fsp3) is 0.444. The molecule has 0 aromatic carbocycles. The highest BCUT2D eigenvalue weighted by Crippen LogP contribution is 2.12. The van der Waals surface area contributed by atoms with Crippen LogP contribution < -0.4 is 0 Å². The second-order valence-corrected chi connectivity index (χ2v) is 3.72. The van der Waals surface area contributed by atoms with E-state index < -0.39 is 6.10 Å². The Kier molecular flexibility index (Phi) is 3.33. The SMILES string of the molecule is COCC(O)Cn1ncc2ncc(Cl)nc21. The van der Waals surface area contributed by atoms with Crippen LogP contribution in [-0.4, -0.2) is 44.7 Å². The fourth-order valence-electron chi connectivity index (χ4n) is 1.41. The van der Waals surface area contributed by atoms with E-state index in [4.69, 9.17) is 16.3 Å². The Morgan fingerprint density at radius 3 is 3.12 bits per heavy atom. The molecular formula is C9H11ClN4O2. The van der Waals surface area contributed by atoms with Gasteiger partial charge in [-0.2, -0.15) is 5.10 Å². The molecule has 0 aliphatic heterocycles. The van der Waals surface area contributed by atoms with Crippen molar-refractivity contribution in [3.63, 3.8) is 0 Å². The average Bonchev–Trinajstić information content (AvgIpc) is 2.61. The molecule has 0 fully saturated rings. The third-order valence-corrected chi connectivity index (χ3v) is 2.24. The van der Waals surface area contributed by atoms with Crippen LogP contribution in [0.5, 0.6) is 0 Å². The monoisotopic (exact) mass is 242 g/mol. The van der Waals surface area contributed by atoms with Crippen molar-refractivity contribution in [2.45, 2.75) is 12.6 Å². The highest BCUT2D eigenvalue weighted by Gasteiger charge is 2.10. The molecule has 0 saturated heterocycles. The Hall–Kier alpha value is -1.24. The molecule has 86 valence electrons. The van der Waals surface area contributed by atoms with Gasteiger partial charge < -0.3 is 9.84 Å². The van der Waals surface area contributed by atoms with E-state index in [2.05, 4.69) is 15.1 Å². The molecule has 2 rings (SSSR count). The molecule has 0 radical (unpaired) electrons. The first-order chi connectivity index (χ1) is 7.70. The lowest BCUT2D eigenvalue weighted by atomic mass is 10.4. The van der Waals surface area contributed by atoms with E-state index in [1.54, 1.807) is 10.9 Å². The summed E-state index contributed by atoms with van der Waals surface area (Å²) in [7, 11) is 1.53. The van der Waals surface area contributed by atoms with Crippen LogP contribution in [0.25, 0.3) is 11.2 Å². The number of aromatic nitrogens is 4. The van der Waals surface area contributed by atoms with E-state index in [9.17, 15) is 5.11 Å². The van der Waals surface area contributed by atoms with E-state index in [1.165, 1.54) is 13.3 Å². The zero-order valence-corrected chi connectivity index (χ0v) is 9.42. The quantitative estimate of drug-likeness (QED) is 0.845. The normalized spacial score (nSPS) is 13.2. The molecule has 0 saturated carbocycles. The summed E-state index contributed by atoms with van der Waals surface area (Å²) in [6, 6.07) is 0. The van der Waals surface area contributed by atoms with Crippen LogP contribution in [0.4, 0.5) is 0 Å². The van der Waals surface area contributed by atoms with Crippen molar-refractivity contribution in [2.75, 3.05) is 13.7 Å². The van der Waals surface area contributed by atoms with Gasteiger partial charge in [0.15, 0.2) is 5.65 Å². The van der Waals surface area contributed by atoms with Crippen molar-refractivity contribution in [3.8, 4) is 0 Å². The molecular weight excluding hydrogens is 232 g/mol. The lowest BCUT2D eigenvalue weighted by molar-refractivity contribution is 0.0521. The molecule has 2 heterocycles. The van der Waals surface area contributed by atoms with Crippen molar-refractivity contribution >= 4 is 22.8 Å². The van der Waals surface area contributed by atoms with E-state index in [1.807, 2.05) is 0 Å². The molecule has 16 heavy (non-hydrogen) atoms. The number of rotatable bonds is 4. The van der Waals surface area contributed by atoms with Gasteiger partial charge in [-0.15, -0.1) is 0 Å². The van der Waals surface area contributed by atoms with Crippen LogP contribution in [0.3, 0.4) is 0 Å². The number of nitrogens with zero attached hydrogens (tertiary/aromatic N) is 4. The minimum Gasteiger partial charge on any atom is -0.389 e. The average molecular weight is 243 g/mol. The van der Waals surface area contributed by atoms with Gasteiger partial charge in [0.1, 0.15) is 10.7 Å². The summed E-state index contributed by atoms with van der Waals surface area (Å²) in [6.45, 7) is 0.543. The van der Waals surface area contributed by atoms with Gasteiger partial charge in [0.05, 0.1) is 31.6 Å². The maximum Gasteiger partial charge on any atom is 0.178 e. The van der Waals surface area contributed by atoms with Crippen molar-refractivity contribution in [2.24, 2.45) is 0 Å². The largest absolute Gasteiger partial charge is 0.389 e. The van der Waals surface area contributed by atoms with Crippen molar-refractivity contribution in [1.29, 1.82) is 0 Å². The molecule has 0 bridgehead atoms. The predicted octanol–water partition coefficient (Wildman–Crippen LogP) is 0.487. The van der Waals surface area contributed by atoms with Gasteiger partial charge in [-0.05, 0) is 0 Å². The molecule has 0 amide bonds. The van der Waals surface area contributed by atoms with Gasteiger partial charge in [-0.25, -0.2) is 14.6 Å². The minimum atomic E-state index is -0.631. The van der Waals surface area contributed by atoms with Crippen LogP contribution in [0.2, 0.25) is 5.15 Å². The Balaban J connectivity index is 2.27. The smallest absolute Gasteiger partial charge is 0.178 e. The number of fused-ring (bicyclic) bond motifs is 1. The third-order valence-electron chi connectivity index (χ3n) is 2.06. The van der Waals surface area contributed by atoms with Gasteiger partial charge in [0, 0.05) is 7.11 Å². The number of aliphatic hydroxyl groups is 1. The predicted molar refractivity (Wildman–Crippen MR) is 58.2 cm³/mol. The first-order valence-corrected chi connectivity index (χ1v) is 5.09. The van der Waals surface area contributed by atoms with Gasteiger partial charge in [-0.1, -0.05) is 11.6 Å². The van der Waals surface area contributed by atoms with E-state index >= 15 is 0 Å². The van der Waals surface area contributed by atoms with E-state index in [0.717, 1.165) is 0 Å². The molecule has 0 aliphatic rings. The Bertz CT molecular complexity index is 487. The van der Waals surface area contributed by atoms with Gasteiger partial charge in [-0.3, -0.25) is 0 Å². The summed E-state index contributed by atoms with van der Waals surface area (Å²) in [5.74, 6) is 0. The zero-order valence-electron chi connectivity index (χ0n) is 8.67. The fourth-order valence-corrected chi connectivity index (χ4v) is 1.54. The Morgan fingerprint density at radius 2 is 2.38 bits per heavy atom. The second kappa shape index (κ2) is 4.73. The Labute approximate surface area is 96.8 Å². The molecule has 6 nitrogen and oxygen atoms in total. The van der Waals surface area contributed by atoms with Crippen LogP contribution in [0, 0.1) is 0 Å². The molecule has 1 atom stereocenters. The molecule has 2 aromatic heterocycles. The first kappa shape index (κ1) is 11.3. The highest BCUT2D eigenvalue weighted by atomic mass is 35.5. The third kappa shape index (κ3) is 2.29. The Morgan fingerprint density at radius 1 is 1.56 bits per heavy atom. The summed E-state index contributed by atoms with van der Waals surface area (Å²) in [4.78, 5) is 8.16. The summed E-state index contributed by atoms with van der Waals surface area (Å²) in [5.41, 5.74) is 1.21. The molecule has 2 aromatic rings. The minimum absolute atomic E-state index is 0.245. The number of methoxy groups -OCH3 is 1. The lowest BCUT2D eigenvalue weighted by Crippen LogP contribution is -2.21. The number of ether oxygens (including phenoxy) is 1. The lowest BCUT2D eigenvalue weighted by Gasteiger charge is -2.09. The molecule has 7 heteroatoms. The highest BCUT2D eigenvalue weighted by molar-refractivity contribution is 6.29. The summed E-state index contributed by atoms with van der Waals surface area (Å²) in [6.07, 6.45) is 2.41. The van der Waals surface area contributed by atoms with Crippen LogP contribution in [-0.2, 0) is 11.3 Å². The van der Waals surface area contributed by atoms with Crippen molar-refractivity contribution in [3.05, 3.63) is 17.5 Å². The summed E-state index contributed by atoms with van der Waals surface area (Å²) in [5, 5.41) is 14.0. The van der Waals surface area contributed by atoms with Crippen molar-refractivity contribution in [1.82, 2.24) is 19.7 Å². The maximum absolute atomic E-state index is 9.58. The number of hydrogen-bond donors (Lipinski definition) is 1. The van der Waals surface area contributed by atoms with Crippen LogP contribution >= 0.6 is 11.6 Å². The number of hydrogen-bond acceptors (Lipinski definition) is 5. The van der Waals surface area contributed by atoms with Crippen molar-refractivity contribution < 1.29 is 9.84 Å². The maximum atomic E-state index is 9.58. The summed E-state index contributed by atoms with van der Waals surface area (Å²) >= 11 is 5.74. The zero-order chi connectivity index (χ0) is 11.5. The summed E-state index contributed by atoms with van der Waals surface area (Å²) < 4.78 is 6.39. The van der Waals surface area contributed by atoms with Gasteiger partial charge >= 0.3 is 0 Å². The second-order valence-electron chi connectivity index (χ2n) is 3.34.